The SMILES string of the molecule is CCC(C)(C)c1ccc(S(=O)(=O)Nc2ccc(C)c(Cl)c2)cc1. The lowest BCUT2D eigenvalue weighted by Gasteiger charge is -2.23. The fraction of sp³-hybridized carbons (Fsp3) is 0.333. The van der Waals surface area contributed by atoms with Crippen LogP contribution in [0.3, 0.4) is 0 Å². The molecule has 0 atom stereocenters. The summed E-state index contributed by atoms with van der Waals surface area (Å²) in [6.45, 7) is 8.27. The van der Waals surface area contributed by atoms with Gasteiger partial charge >= 0.3 is 0 Å². The van der Waals surface area contributed by atoms with Crippen LogP contribution in [-0.4, -0.2) is 8.42 Å². The number of hydrogen-bond acceptors (Lipinski definition) is 2. The van der Waals surface area contributed by atoms with Crippen molar-refractivity contribution in [2.45, 2.75) is 44.4 Å². The average Bonchev–Trinajstić information content (AvgIpc) is 2.51. The van der Waals surface area contributed by atoms with Gasteiger partial charge in [0.25, 0.3) is 10.0 Å². The molecule has 0 heterocycles. The maximum Gasteiger partial charge on any atom is 0.261 e. The van der Waals surface area contributed by atoms with E-state index >= 15 is 0 Å². The second-order valence-corrected chi connectivity index (χ2v) is 8.42. The minimum Gasteiger partial charge on any atom is -0.280 e. The number of nitrogens with one attached hydrogen (secondary N) is 1. The molecule has 0 fully saturated rings. The highest BCUT2D eigenvalue weighted by molar-refractivity contribution is 7.92. The van der Waals surface area contributed by atoms with Crippen LogP contribution in [0.25, 0.3) is 0 Å². The van der Waals surface area contributed by atoms with Gasteiger partial charge < -0.3 is 0 Å². The summed E-state index contributed by atoms with van der Waals surface area (Å²) in [5, 5.41) is 0.533. The molecule has 0 aliphatic rings. The van der Waals surface area contributed by atoms with Crippen LogP contribution in [0.15, 0.2) is 47.4 Å². The van der Waals surface area contributed by atoms with Gasteiger partial charge in [0.05, 0.1) is 10.6 Å². The van der Waals surface area contributed by atoms with E-state index in [1.807, 2.05) is 19.1 Å². The van der Waals surface area contributed by atoms with E-state index in [1.165, 1.54) is 0 Å². The second kappa shape index (κ2) is 6.54. The topological polar surface area (TPSA) is 46.2 Å². The minimum atomic E-state index is -3.62. The van der Waals surface area contributed by atoms with E-state index in [0.29, 0.717) is 10.7 Å². The van der Waals surface area contributed by atoms with Crippen molar-refractivity contribution in [1.29, 1.82) is 0 Å². The van der Waals surface area contributed by atoms with E-state index in [0.717, 1.165) is 17.5 Å². The third-order valence-electron chi connectivity index (χ3n) is 4.25. The lowest BCUT2D eigenvalue weighted by Crippen LogP contribution is -2.17. The summed E-state index contributed by atoms with van der Waals surface area (Å²) in [5.41, 5.74) is 2.51. The first-order valence-electron chi connectivity index (χ1n) is 7.55. The van der Waals surface area contributed by atoms with E-state index in [-0.39, 0.29) is 10.3 Å². The normalized spacial score (nSPS) is 12.2. The molecular weight excluding hydrogens is 330 g/mol. The standard InChI is InChI=1S/C18H22ClNO2S/c1-5-18(3,4)14-7-10-16(11-8-14)23(21,22)20-15-9-6-13(2)17(19)12-15/h6-12,20H,5H2,1-4H3. The van der Waals surface area contributed by atoms with Gasteiger partial charge in [0.2, 0.25) is 0 Å². The van der Waals surface area contributed by atoms with E-state index in [4.69, 9.17) is 11.6 Å². The van der Waals surface area contributed by atoms with Crippen LogP contribution in [0, 0.1) is 6.92 Å². The predicted octanol–water partition coefficient (Wildman–Crippen LogP) is 5.14. The molecular formula is C18H22ClNO2S. The zero-order valence-corrected chi connectivity index (χ0v) is 15.4. The van der Waals surface area contributed by atoms with Gasteiger partial charge in [-0.3, -0.25) is 4.72 Å². The zero-order valence-electron chi connectivity index (χ0n) is 13.9. The van der Waals surface area contributed by atoms with Crippen LogP contribution in [0.4, 0.5) is 5.69 Å². The van der Waals surface area contributed by atoms with Gasteiger partial charge in [0, 0.05) is 5.02 Å². The van der Waals surface area contributed by atoms with Crippen molar-refractivity contribution in [2.24, 2.45) is 0 Å². The first-order valence-corrected chi connectivity index (χ1v) is 9.41. The maximum absolute atomic E-state index is 12.5. The van der Waals surface area contributed by atoms with Crippen LogP contribution >= 0.6 is 11.6 Å². The van der Waals surface area contributed by atoms with Crippen molar-refractivity contribution in [1.82, 2.24) is 0 Å². The van der Waals surface area contributed by atoms with E-state index in [2.05, 4.69) is 25.5 Å². The monoisotopic (exact) mass is 351 g/mol. The van der Waals surface area contributed by atoms with Gasteiger partial charge in [0.15, 0.2) is 0 Å². The van der Waals surface area contributed by atoms with Gasteiger partial charge in [-0.1, -0.05) is 50.6 Å². The Morgan fingerprint density at radius 2 is 1.70 bits per heavy atom. The molecule has 2 aromatic rings. The molecule has 0 aromatic heterocycles. The minimum absolute atomic E-state index is 0.0280. The van der Waals surface area contributed by atoms with Crippen LogP contribution in [0.2, 0.25) is 5.02 Å². The summed E-state index contributed by atoms with van der Waals surface area (Å²) in [7, 11) is -3.62. The summed E-state index contributed by atoms with van der Waals surface area (Å²) in [6, 6.07) is 12.1. The quantitative estimate of drug-likeness (QED) is 0.810. The Morgan fingerprint density at radius 3 is 2.22 bits per heavy atom. The van der Waals surface area contributed by atoms with Crippen molar-refractivity contribution in [3.05, 3.63) is 58.6 Å². The predicted molar refractivity (Wildman–Crippen MR) is 96.8 cm³/mol. The third kappa shape index (κ3) is 4.06. The summed E-state index contributed by atoms with van der Waals surface area (Å²) in [6.07, 6.45) is 0.985. The van der Waals surface area contributed by atoms with E-state index in [1.54, 1.807) is 30.3 Å². The highest BCUT2D eigenvalue weighted by Gasteiger charge is 2.20. The summed E-state index contributed by atoms with van der Waals surface area (Å²) < 4.78 is 27.5. The first kappa shape index (κ1) is 17.8. The van der Waals surface area contributed by atoms with Crippen LogP contribution in [-0.2, 0) is 15.4 Å². The molecule has 2 aromatic carbocycles. The smallest absolute Gasteiger partial charge is 0.261 e. The van der Waals surface area contributed by atoms with Crippen molar-refractivity contribution in [3.8, 4) is 0 Å². The van der Waals surface area contributed by atoms with Crippen molar-refractivity contribution >= 4 is 27.3 Å². The first-order chi connectivity index (χ1) is 10.7. The Balaban J connectivity index is 2.27. The number of halogens is 1. The number of hydrogen-bond donors (Lipinski definition) is 1. The van der Waals surface area contributed by atoms with Crippen LogP contribution in [0.5, 0.6) is 0 Å². The number of sulfonamides is 1. The van der Waals surface area contributed by atoms with E-state index in [9.17, 15) is 8.42 Å². The molecule has 0 saturated carbocycles. The fourth-order valence-corrected chi connectivity index (χ4v) is 3.39. The van der Waals surface area contributed by atoms with Crippen LogP contribution in [0.1, 0.15) is 38.3 Å². The number of rotatable bonds is 5. The Kier molecular flexibility index (Phi) is 5.07. The molecule has 0 spiro atoms. The molecule has 124 valence electrons. The molecule has 23 heavy (non-hydrogen) atoms. The number of aryl methyl sites for hydroxylation is 1. The molecule has 0 saturated heterocycles. The Morgan fingerprint density at radius 1 is 1.09 bits per heavy atom. The van der Waals surface area contributed by atoms with E-state index < -0.39 is 10.0 Å². The third-order valence-corrected chi connectivity index (χ3v) is 6.06. The zero-order chi connectivity index (χ0) is 17.3. The van der Waals surface area contributed by atoms with Gasteiger partial charge in [-0.15, -0.1) is 0 Å². The molecule has 0 aliphatic carbocycles. The molecule has 1 N–H and O–H groups in total. The Labute approximate surface area is 143 Å². The highest BCUT2D eigenvalue weighted by atomic mass is 35.5. The highest BCUT2D eigenvalue weighted by Crippen LogP contribution is 2.28. The molecule has 0 radical (unpaired) electrons. The lowest BCUT2D eigenvalue weighted by molar-refractivity contribution is 0.506. The average molecular weight is 352 g/mol. The summed E-state index contributed by atoms with van der Waals surface area (Å²) in [4.78, 5) is 0.241. The molecule has 5 heteroatoms. The molecule has 0 bridgehead atoms. The van der Waals surface area contributed by atoms with Gasteiger partial charge in [0.1, 0.15) is 0 Å². The second-order valence-electron chi connectivity index (χ2n) is 6.33. The lowest BCUT2D eigenvalue weighted by atomic mass is 9.82. The van der Waals surface area contributed by atoms with Crippen LogP contribution < -0.4 is 4.72 Å². The van der Waals surface area contributed by atoms with Crippen molar-refractivity contribution in [3.63, 3.8) is 0 Å². The number of benzene rings is 2. The maximum atomic E-state index is 12.5. The molecule has 2 rings (SSSR count). The summed E-state index contributed by atoms with van der Waals surface area (Å²) >= 11 is 6.04. The van der Waals surface area contributed by atoms with Gasteiger partial charge in [-0.2, -0.15) is 0 Å². The Bertz CT molecular complexity index is 796. The van der Waals surface area contributed by atoms with Gasteiger partial charge in [-0.25, -0.2) is 8.42 Å². The van der Waals surface area contributed by atoms with Gasteiger partial charge in [-0.05, 0) is 54.2 Å². The molecule has 0 amide bonds. The number of anilines is 1. The fourth-order valence-electron chi connectivity index (χ4n) is 2.16. The van der Waals surface area contributed by atoms with Crippen molar-refractivity contribution in [2.75, 3.05) is 4.72 Å². The summed E-state index contributed by atoms with van der Waals surface area (Å²) in [5.74, 6) is 0. The Hall–Kier alpha value is -1.52. The molecule has 0 unspecified atom stereocenters. The van der Waals surface area contributed by atoms with Crippen molar-refractivity contribution < 1.29 is 8.42 Å². The largest absolute Gasteiger partial charge is 0.280 e. The molecule has 3 nitrogen and oxygen atoms in total. The molecule has 0 aliphatic heterocycles.